The summed E-state index contributed by atoms with van der Waals surface area (Å²) in [6.45, 7) is 8.66. The van der Waals surface area contributed by atoms with E-state index in [-0.39, 0.29) is 30.3 Å². The molecule has 2 aliphatic heterocycles. The molecule has 0 amide bonds. The third kappa shape index (κ3) is 3.69. The maximum atomic E-state index is 12.5. The number of hydrogen-bond donors (Lipinski definition) is 0. The van der Waals surface area contributed by atoms with Crippen molar-refractivity contribution < 1.29 is 4.79 Å². The molecule has 4 heterocycles. The Kier molecular flexibility index (Phi) is 5.45. The summed E-state index contributed by atoms with van der Waals surface area (Å²) in [5.41, 5.74) is 0.915. The number of ketones is 1. The van der Waals surface area contributed by atoms with Crippen LogP contribution in [0.1, 0.15) is 56.2 Å². The number of hydrogen-bond acceptors (Lipinski definition) is 8. The lowest BCUT2D eigenvalue weighted by Gasteiger charge is -2.45. The summed E-state index contributed by atoms with van der Waals surface area (Å²) in [7, 11) is 0. The summed E-state index contributed by atoms with van der Waals surface area (Å²) >= 11 is 1.35. The molecule has 7 nitrogen and oxygen atoms in total. The highest BCUT2D eigenvalue weighted by Crippen LogP contribution is 2.38. The minimum absolute atomic E-state index is 0.0513. The first-order valence-corrected chi connectivity index (χ1v) is 11.0. The number of aromatic nitrogens is 3. The number of aliphatic imine (C=N–C) groups is 1. The Morgan fingerprint density at radius 3 is 2.86 bits per heavy atom. The van der Waals surface area contributed by atoms with Crippen LogP contribution in [0.25, 0.3) is 0 Å². The zero-order valence-corrected chi connectivity index (χ0v) is 18.1. The van der Waals surface area contributed by atoms with Crippen LogP contribution in [-0.4, -0.2) is 44.7 Å². The van der Waals surface area contributed by atoms with Gasteiger partial charge in [-0.3, -0.25) is 14.7 Å². The van der Waals surface area contributed by atoms with E-state index in [2.05, 4.69) is 59.7 Å². The lowest BCUT2D eigenvalue weighted by molar-refractivity contribution is 0.0990. The lowest BCUT2D eigenvalue weighted by atomic mass is 10.0. The normalized spacial score (nSPS) is 20.9. The van der Waals surface area contributed by atoms with E-state index in [9.17, 15) is 4.79 Å². The fraction of sp³-hybridized carbons (Fsp3) is 0.476. The molecule has 2 atom stereocenters. The third-order valence-corrected chi connectivity index (χ3v) is 6.02. The molecule has 29 heavy (non-hydrogen) atoms. The summed E-state index contributed by atoms with van der Waals surface area (Å²) in [4.78, 5) is 35.4. The second kappa shape index (κ2) is 8.02. The van der Waals surface area contributed by atoms with E-state index >= 15 is 0 Å². The Morgan fingerprint density at radius 2 is 2.17 bits per heavy atom. The Morgan fingerprint density at radius 1 is 1.34 bits per heavy atom. The zero-order chi connectivity index (χ0) is 20.5. The van der Waals surface area contributed by atoms with Crippen LogP contribution in [0.2, 0.25) is 0 Å². The van der Waals surface area contributed by atoms with Gasteiger partial charge >= 0.3 is 0 Å². The second-order valence-corrected chi connectivity index (χ2v) is 8.58. The highest BCUT2D eigenvalue weighted by Gasteiger charge is 2.38. The first-order valence-electron chi connectivity index (χ1n) is 10.1. The average molecular weight is 411 g/mol. The Bertz CT molecular complexity index is 952. The van der Waals surface area contributed by atoms with Crippen LogP contribution in [-0.2, 0) is 6.42 Å². The molecule has 0 saturated carbocycles. The van der Waals surface area contributed by atoms with Crippen LogP contribution in [0, 0.1) is 0 Å². The molecule has 0 saturated heterocycles. The lowest BCUT2D eigenvalue weighted by Crippen LogP contribution is -2.54. The quantitative estimate of drug-likeness (QED) is 0.697. The number of carbonyl (C=O) groups is 1. The minimum Gasteiger partial charge on any atom is -0.342 e. The zero-order valence-electron chi connectivity index (χ0n) is 17.2. The predicted molar refractivity (Wildman–Crippen MR) is 117 cm³/mol. The highest BCUT2D eigenvalue weighted by atomic mass is 32.1. The molecular weight excluding hydrogens is 384 g/mol. The van der Waals surface area contributed by atoms with E-state index in [1.807, 2.05) is 6.20 Å². The molecule has 152 valence electrons. The van der Waals surface area contributed by atoms with Gasteiger partial charge in [0.2, 0.25) is 0 Å². The highest BCUT2D eigenvalue weighted by molar-refractivity contribution is 7.11. The van der Waals surface area contributed by atoms with Crippen molar-refractivity contribution in [3.8, 4) is 0 Å². The molecule has 0 radical (unpaired) electrons. The SMILES string of the molecule is CCC1C2=NC(C)CC=CN2c2cnc(CC(=O)c3nccs3)nc2N1C(C)C. The van der Waals surface area contributed by atoms with E-state index < -0.39 is 0 Å². The van der Waals surface area contributed by atoms with Crippen molar-refractivity contribution in [2.24, 2.45) is 4.99 Å². The average Bonchev–Trinajstić information content (AvgIpc) is 3.16. The number of fused-ring (bicyclic) bond motifs is 3. The minimum atomic E-state index is -0.0513. The van der Waals surface area contributed by atoms with Crippen molar-refractivity contribution >= 4 is 34.5 Å². The Hall–Kier alpha value is -2.61. The van der Waals surface area contributed by atoms with Gasteiger partial charge in [0, 0.05) is 23.8 Å². The fourth-order valence-electron chi connectivity index (χ4n) is 3.91. The monoisotopic (exact) mass is 410 g/mol. The summed E-state index contributed by atoms with van der Waals surface area (Å²) < 4.78 is 0. The number of carbonyl (C=O) groups excluding carboxylic acids is 1. The first-order chi connectivity index (χ1) is 14.0. The molecule has 2 aromatic rings. The number of anilines is 2. The summed E-state index contributed by atoms with van der Waals surface area (Å²) in [5, 5.41) is 2.30. The van der Waals surface area contributed by atoms with Gasteiger partial charge < -0.3 is 4.90 Å². The molecule has 2 aromatic heterocycles. The molecule has 2 aliphatic rings. The van der Waals surface area contributed by atoms with Crippen molar-refractivity contribution in [2.45, 2.75) is 65.1 Å². The van der Waals surface area contributed by atoms with E-state index in [0.717, 1.165) is 30.2 Å². The van der Waals surface area contributed by atoms with Crippen molar-refractivity contribution in [1.82, 2.24) is 15.0 Å². The molecule has 0 aliphatic carbocycles. The molecule has 2 unspecified atom stereocenters. The number of amidine groups is 1. The van der Waals surface area contributed by atoms with Gasteiger partial charge in [0.05, 0.1) is 24.7 Å². The standard InChI is InChI=1S/C21H26N6OS/c1-5-15-19-24-14(4)7-6-9-26(19)16-12-23-18(25-20(16)27(15)13(2)3)11-17(28)21-22-8-10-29-21/h6,8-10,12-15H,5,7,11H2,1-4H3. The second-order valence-electron chi connectivity index (χ2n) is 7.68. The van der Waals surface area contributed by atoms with E-state index in [1.165, 1.54) is 11.3 Å². The van der Waals surface area contributed by atoms with E-state index in [1.54, 1.807) is 11.6 Å². The van der Waals surface area contributed by atoms with Crippen LogP contribution in [0.5, 0.6) is 0 Å². The van der Waals surface area contributed by atoms with Gasteiger partial charge in [0.15, 0.2) is 16.6 Å². The van der Waals surface area contributed by atoms with Gasteiger partial charge in [0.25, 0.3) is 0 Å². The van der Waals surface area contributed by atoms with Gasteiger partial charge in [0.1, 0.15) is 17.3 Å². The van der Waals surface area contributed by atoms with Crippen LogP contribution >= 0.6 is 11.3 Å². The van der Waals surface area contributed by atoms with Crippen molar-refractivity contribution in [3.05, 3.63) is 40.9 Å². The summed E-state index contributed by atoms with van der Waals surface area (Å²) in [5.74, 6) is 2.38. The largest absolute Gasteiger partial charge is 0.342 e. The van der Waals surface area contributed by atoms with Gasteiger partial charge in [-0.05, 0) is 33.6 Å². The fourth-order valence-corrected chi connectivity index (χ4v) is 4.49. The molecule has 0 bridgehead atoms. The molecule has 0 aromatic carbocycles. The van der Waals surface area contributed by atoms with Crippen LogP contribution in [0.4, 0.5) is 11.5 Å². The molecule has 4 rings (SSSR count). The number of rotatable bonds is 5. The Balaban J connectivity index is 1.77. The Labute approximate surface area is 175 Å². The van der Waals surface area contributed by atoms with Crippen LogP contribution < -0.4 is 9.80 Å². The van der Waals surface area contributed by atoms with Crippen molar-refractivity contribution in [3.63, 3.8) is 0 Å². The molecule has 8 heteroatoms. The number of thiazole rings is 1. The number of nitrogens with zero attached hydrogens (tertiary/aromatic N) is 6. The molecule has 0 N–H and O–H groups in total. The van der Waals surface area contributed by atoms with E-state index in [4.69, 9.17) is 9.98 Å². The molecule has 0 fully saturated rings. The van der Waals surface area contributed by atoms with Crippen molar-refractivity contribution in [1.29, 1.82) is 0 Å². The maximum absolute atomic E-state index is 12.5. The summed E-state index contributed by atoms with van der Waals surface area (Å²) in [6, 6.07) is 0.612. The predicted octanol–water partition coefficient (Wildman–Crippen LogP) is 3.88. The third-order valence-electron chi connectivity index (χ3n) is 5.20. The van der Waals surface area contributed by atoms with Crippen LogP contribution in [0.3, 0.4) is 0 Å². The first kappa shape index (κ1) is 19.7. The smallest absolute Gasteiger partial charge is 0.198 e. The summed E-state index contributed by atoms with van der Waals surface area (Å²) in [6.07, 6.45) is 9.69. The van der Waals surface area contributed by atoms with Crippen LogP contribution in [0.15, 0.2) is 35.0 Å². The molecule has 0 spiro atoms. The molecular formula is C21H26N6OS. The van der Waals surface area contributed by atoms with Gasteiger partial charge in [-0.2, -0.15) is 0 Å². The van der Waals surface area contributed by atoms with Gasteiger partial charge in [-0.25, -0.2) is 15.0 Å². The topological polar surface area (TPSA) is 74.6 Å². The number of Topliss-reactive ketones (excluding diaryl/α,β-unsaturated/α-hetero) is 1. The maximum Gasteiger partial charge on any atom is 0.198 e. The van der Waals surface area contributed by atoms with E-state index in [0.29, 0.717) is 10.8 Å². The van der Waals surface area contributed by atoms with Gasteiger partial charge in [-0.1, -0.05) is 13.0 Å². The van der Waals surface area contributed by atoms with Crippen molar-refractivity contribution in [2.75, 3.05) is 9.80 Å². The van der Waals surface area contributed by atoms with Gasteiger partial charge in [-0.15, -0.1) is 11.3 Å².